The molecule has 0 saturated heterocycles. The smallest absolute Gasteiger partial charge is 0.275 e. The molecule has 7 nitrogen and oxygen atoms in total. The number of rotatable bonds is 7. The van der Waals surface area contributed by atoms with Gasteiger partial charge in [-0.25, -0.2) is 8.42 Å². The first-order valence-electron chi connectivity index (χ1n) is 8.28. The van der Waals surface area contributed by atoms with Gasteiger partial charge in [-0.05, 0) is 38.5 Å². The SMILES string of the molecule is CCS(=O)(=O)Nc1ccc(C)n(CC(=O)N[C@H](C)c2ccccc2)c1=O. The van der Waals surface area contributed by atoms with Gasteiger partial charge in [-0.3, -0.25) is 14.3 Å². The summed E-state index contributed by atoms with van der Waals surface area (Å²) in [4.78, 5) is 24.9. The summed E-state index contributed by atoms with van der Waals surface area (Å²) in [6.07, 6.45) is 0. The number of amides is 1. The van der Waals surface area contributed by atoms with Crippen LogP contribution in [-0.4, -0.2) is 24.6 Å². The molecule has 2 rings (SSSR count). The van der Waals surface area contributed by atoms with Crippen LogP contribution in [0, 0.1) is 6.92 Å². The van der Waals surface area contributed by atoms with E-state index in [1.807, 2.05) is 37.3 Å². The van der Waals surface area contributed by atoms with E-state index in [1.54, 1.807) is 13.0 Å². The summed E-state index contributed by atoms with van der Waals surface area (Å²) in [5.74, 6) is -0.475. The highest BCUT2D eigenvalue weighted by molar-refractivity contribution is 7.92. The first-order valence-corrected chi connectivity index (χ1v) is 9.94. The monoisotopic (exact) mass is 377 g/mol. The van der Waals surface area contributed by atoms with E-state index in [4.69, 9.17) is 0 Å². The molecule has 0 aliphatic rings. The molecule has 1 amide bonds. The van der Waals surface area contributed by atoms with E-state index >= 15 is 0 Å². The predicted octanol–water partition coefficient (Wildman–Crippen LogP) is 1.80. The standard InChI is InChI=1S/C18H23N3O4S/c1-4-26(24,25)20-16-11-10-13(2)21(18(16)23)12-17(22)19-14(3)15-8-6-5-7-9-15/h5-11,14,20H,4,12H2,1-3H3,(H,19,22)/t14-/m1/s1. The topological polar surface area (TPSA) is 97.3 Å². The molecule has 140 valence electrons. The van der Waals surface area contributed by atoms with Crippen LogP contribution in [0.5, 0.6) is 0 Å². The highest BCUT2D eigenvalue weighted by Gasteiger charge is 2.15. The van der Waals surface area contributed by atoms with Crippen molar-refractivity contribution in [1.82, 2.24) is 9.88 Å². The average Bonchev–Trinajstić information content (AvgIpc) is 2.61. The zero-order valence-electron chi connectivity index (χ0n) is 15.0. The molecule has 0 aliphatic carbocycles. The molecule has 1 heterocycles. The van der Waals surface area contributed by atoms with Gasteiger partial charge in [-0.1, -0.05) is 30.3 Å². The molecule has 0 unspecified atom stereocenters. The number of aromatic nitrogens is 1. The number of sulfonamides is 1. The summed E-state index contributed by atoms with van der Waals surface area (Å²) in [6.45, 7) is 4.83. The zero-order chi connectivity index (χ0) is 19.3. The van der Waals surface area contributed by atoms with Gasteiger partial charge in [0.2, 0.25) is 15.9 Å². The van der Waals surface area contributed by atoms with Crippen LogP contribution < -0.4 is 15.6 Å². The molecule has 0 saturated carbocycles. The van der Waals surface area contributed by atoms with Crippen LogP contribution in [0.25, 0.3) is 0 Å². The Kier molecular flexibility index (Phi) is 6.20. The quantitative estimate of drug-likeness (QED) is 0.769. The van der Waals surface area contributed by atoms with Crippen molar-refractivity contribution in [3.63, 3.8) is 0 Å². The Labute approximate surface area is 153 Å². The maximum absolute atomic E-state index is 12.5. The molecule has 0 aliphatic heterocycles. The number of carbonyl (C=O) groups excluding carboxylic acids is 1. The number of hydrogen-bond acceptors (Lipinski definition) is 4. The van der Waals surface area contributed by atoms with Crippen LogP contribution in [-0.2, 0) is 21.4 Å². The third-order valence-electron chi connectivity index (χ3n) is 4.02. The molecular formula is C18H23N3O4S. The fraction of sp³-hybridized carbons (Fsp3) is 0.333. The summed E-state index contributed by atoms with van der Waals surface area (Å²) in [6, 6.07) is 12.3. The van der Waals surface area contributed by atoms with Gasteiger partial charge >= 0.3 is 0 Å². The van der Waals surface area contributed by atoms with Gasteiger partial charge in [-0.15, -0.1) is 0 Å². The normalized spacial score (nSPS) is 12.4. The minimum atomic E-state index is -3.57. The molecule has 1 atom stereocenters. The van der Waals surface area contributed by atoms with Crippen molar-refractivity contribution in [2.45, 2.75) is 33.4 Å². The molecule has 2 aromatic rings. The van der Waals surface area contributed by atoms with Crippen molar-refractivity contribution >= 4 is 21.6 Å². The van der Waals surface area contributed by atoms with Crippen molar-refractivity contribution in [3.05, 3.63) is 64.1 Å². The lowest BCUT2D eigenvalue weighted by molar-refractivity contribution is -0.122. The maximum Gasteiger partial charge on any atom is 0.275 e. The van der Waals surface area contributed by atoms with Gasteiger partial charge in [0.25, 0.3) is 5.56 Å². The van der Waals surface area contributed by atoms with E-state index in [2.05, 4.69) is 10.0 Å². The number of pyridine rings is 1. The van der Waals surface area contributed by atoms with Crippen molar-refractivity contribution in [3.8, 4) is 0 Å². The van der Waals surface area contributed by atoms with Gasteiger partial charge in [0.05, 0.1) is 11.8 Å². The number of nitrogens with zero attached hydrogens (tertiary/aromatic N) is 1. The summed E-state index contributed by atoms with van der Waals surface area (Å²) in [5, 5.41) is 2.84. The van der Waals surface area contributed by atoms with Crippen LogP contribution in [0.15, 0.2) is 47.3 Å². The van der Waals surface area contributed by atoms with E-state index in [9.17, 15) is 18.0 Å². The zero-order valence-corrected chi connectivity index (χ0v) is 15.8. The van der Waals surface area contributed by atoms with Crippen molar-refractivity contribution < 1.29 is 13.2 Å². The number of benzene rings is 1. The Morgan fingerprint density at radius 3 is 2.42 bits per heavy atom. The number of anilines is 1. The Morgan fingerprint density at radius 1 is 1.15 bits per heavy atom. The summed E-state index contributed by atoms with van der Waals surface area (Å²) in [5.41, 5.74) is 0.900. The highest BCUT2D eigenvalue weighted by Crippen LogP contribution is 2.11. The summed E-state index contributed by atoms with van der Waals surface area (Å²) >= 11 is 0. The number of carbonyl (C=O) groups is 1. The van der Waals surface area contributed by atoms with Gasteiger partial charge < -0.3 is 9.88 Å². The second-order valence-corrected chi connectivity index (χ2v) is 8.00. The summed E-state index contributed by atoms with van der Waals surface area (Å²) in [7, 11) is -3.57. The molecule has 2 N–H and O–H groups in total. The van der Waals surface area contributed by atoms with Crippen molar-refractivity contribution in [2.75, 3.05) is 10.5 Å². The lowest BCUT2D eigenvalue weighted by Crippen LogP contribution is -2.35. The van der Waals surface area contributed by atoms with Gasteiger partial charge in [0.15, 0.2) is 0 Å². The van der Waals surface area contributed by atoms with Gasteiger partial charge in [0, 0.05) is 5.69 Å². The minimum absolute atomic E-state index is 0.0682. The molecule has 8 heteroatoms. The second-order valence-electron chi connectivity index (χ2n) is 5.99. The average molecular weight is 377 g/mol. The van der Waals surface area contributed by atoms with Crippen molar-refractivity contribution in [2.24, 2.45) is 0 Å². The second kappa shape index (κ2) is 8.18. The van der Waals surface area contributed by atoms with Gasteiger partial charge in [0.1, 0.15) is 12.2 Å². The van der Waals surface area contributed by atoms with E-state index in [-0.39, 0.29) is 29.9 Å². The molecule has 0 radical (unpaired) electrons. The Morgan fingerprint density at radius 2 is 1.81 bits per heavy atom. The third-order valence-corrected chi connectivity index (χ3v) is 5.31. The van der Waals surface area contributed by atoms with Crippen LogP contribution in [0.3, 0.4) is 0 Å². The fourth-order valence-corrected chi connectivity index (χ4v) is 3.08. The molecule has 1 aromatic heterocycles. The van der Waals surface area contributed by atoms with Crippen molar-refractivity contribution in [1.29, 1.82) is 0 Å². The van der Waals surface area contributed by atoms with Gasteiger partial charge in [-0.2, -0.15) is 0 Å². The fourth-order valence-electron chi connectivity index (χ4n) is 2.44. The predicted molar refractivity (Wildman–Crippen MR) is 102 cm³/mol. The van der Waals surface area contributed by atoms with E-state index in [1.165, 1.54) is 17.6 Å². The van der Waals surface area contributed by atoms with E-state index in [0.717, 1.165) is 5.56 Å². The maximum atomic E-state index is 12.5. The molecule has 0 fully saturated rings. The largest absolute Gasteiger partial charge is 0.348 e. The molecular weight excluding hydrogens is 354 g/mol. The minimum Gasteiger partial charge on any atom is -0.348 e. The molecule has 26 heavy (non-hydrogen) atoms. The Bertz CT molecular complexity index is 937. The first-order chi connectivity index (χ1) is 12.2. The van der Waals surface area contributed by atoms with E-state index < -0.39 is 15.6 Å². The molecule has 0 spiro atoms. The Hall–Kier alpha value is -2.61. The lowest BCUT2D eigenvalue weighted by Gasteiger charge is -2.16. The summed E-state index contributed by atoms with van der Waals surface area (Å²) < 4.78 is 26.9. The van der Waals surface area contributed by atoms with Crippen LogP contribution >= 0.6 is 0 Å². The van der Waals surface area contributed by atoms with E-state index in [0.29, 0.717) is 5.69 Å². The number of nitrogens with one attached hydrogen (secondary N) is 2. The first kappa shape index (κ1) is 19.7. The number of aryl methyl sites for hydroxylation is 1. The van der Waals surface area contributed by atoms with Crippen LogP contribution in [0.4, 0.5) is 5.69 Å². The van der Waals surface area contributed by atoms with Crippen LogP contribution in [0.2, 0.25) is 0 Å². The highest BCUT2D eigenvalue weighted by atomic mass is 32.2. The molecule has 1 aromatic carbocycles. The Balaban J connectivity index is 2.18. The third kappa shape index (κ3) is 4.95. The number of hydrogen-bond donors (Lipinski definition) is 2. The van der Waals surface area contributed by atoms with Crippen LogP contribution in [0.1, 0.15) is 31.1 Å². The lowest BCUT2D eigenvalue weighted by atomic mass is 10.1. The molecule has 0 bridgehead atoms.